The van der Waals surface area contributed by atoms with E-state index in [-0.39, 0.29) is 0 Å². The molecule has 6 nitrogen and oxygen atoms in total. The first kappa shape index (κ1) is 4.86. The molecule has 0 fully saturated rings. The molecule has 0 aromatic carbocycles. The highest BCUT2D eigenvalue weighted by Gasteiger charge is 2.06. The molecule has 0 radical (unpaired) electrons. The van der Waals surface area contributed by atoms with Crippen LogP contribution >= 0.6 is 0 Å². The van der Waals surface area contributed by atoms with Crippen molar-refractivity contribution in [1.82, 2.24) is 5.12 Å². The second kappa shape index (κ2) is 2.13. The molecule has 0 atom stereocenters. The van der Waals surface area contributed by atoms with E-state index in [1.807, 2.05) is 0 Å². The van der Waals surface area contributed by atoms with E-state index < -0.39 is 0 Å². The Morgan fingerprint density at radius 3 is 3.12 bits per heavy atom. The van der Waals surface area contributed by atoms with Crippen LogP contribution in [-0.4, -0.2) is 18.2 Å². The number of hydrogen-bond acceptors (Lipinski definition) is 3. The van der Waals surface area contributed by atoms with Gasteiger partial charge in [0.05, 0.1) is 0 Å². The summed E-state index contributed by atoms with van der Waals surface area (Å²) in [7, 11) is 0. The van der Waals surface area contributed by atoms with Crippen LogP contribution in [0.4, 0.5) is 0 Å². The van der Waals surface area contributed by atoms with Gasteiger partial charge in [0.25, 0.3) is 0 Å². The summed E-state index contributed by atoms with van der Waals surface area (Å²) in [5, 5.41) is 11.4. The number of rotatable bonds is 1. The van der Waals surface area contributed by atoms with Gasteiger partial charge in [-0.25, -0.2) is 0 Å². The van der Waals surface area contributed by atoms with Gasteiger partial charge in [0.15, 0.2) is 0 Å². The molecule has 0 aliphatic carbocycles. The lowest BCUT2D eigenvalue weighted by Crippen LogP contribution is -2.05. The molecule has 0 aromatic rings. The fraction of sp³-hybridized carbons (Fsp3) is 1.00. The second-order valence-corrected chi connectivity index (χ2v) is 1.23. The first-order valence-electron chi connectivity index (χ1n) is 2.13. The van der Waals surface area contributed by atoms with Gasteiger partial charge in [0.1, 0.15) is 13.1 Å². The van der Waals surface area contributed by atoms with Crippen molar-refractivity contribution in [2.75, 3.05) is 13.1 Å². The van der Waals surface area contributed by atoms with Crippen LogP contribution in [0, 0.1) is 0 Å². The lowest BCUT2D eigenvalue weighted by molar-refractivity contribution is 0.332. The molecule has 6 heteroatoms. The minimum Gasteiger partial charge on any atom is -0.167 e. The Morgan fingerprint density at radius 1 is 1.75 bits per heavy atom. The maximum Gasteiger partial charge on any atom is 0.140 e. The number of hydrogen-bond donors (Lipinski definition) is 0. The highest BCUT2D eigenvalue weighted by Crippen LogP contribution is 1.98. The third kappa shape index (κ3) is 0.855. The van der Waals surface area contributed by atoms with Crippen LogP contribution in [0.2, 0.25) is 0 Å². The molecular formula is C2H4N6. The van der Waals surface area contributed by atoms with Crippen LogP contribution < -0.4 is 0 Å². The lowest BCUT2D eigenvalue weighted by Gasteiger charge is -1.90. The molecule has 0 spiro atoms. The summed E-state index contributed by atoms with van der Waals surface area (Å²) in [6, 6.07) is 0. The third-order valence-electron chi connectivity index (χ3n) is 0.710. The van der Waals surface area contributed by atoms with Crippen molar-refractivity contribution in [2.45, 2.75) is 0 Å². The van der Waals surface area contributed by atoms with Crippen molar-refractivity contribution < 1.29 is 0 Å². The van der Waals surface area contributed by atoms with Crippen LogP contribution in [0.5, 0.6) is 0 Å². The van der Waals surface area contributed by atoms with Gasteiger partial charge >= 0.3 is 0 Å². The van der Waals surface area contributed by atoms with E-state index in [1.54, 1.807) is 0 Å². The van der Waals surface area contributed by atoms with Gasteiger partial charge in [-0.3, -0.25) is 0 Å². The van der Waals surface area contributed by atoms with Crippen molar-refractivity contribution in [3.05, 3.63) is 10.4 Å². The van der Waals surface area contributed by atoms with E-state index in [1.165, 1.54) is 5.12 Å². The van der Waals surface area contributed by atoms with Gasteiger partial charge in [0.2, 0.25) is 0 Å². The summed E-state index contributed by atoms with van der Waals surface area (Å²) in [6.07, 6.45) is 0. The monoisotopic (exact) mass is 112 g/mol. The summed E-state index contributed by atoms with van der Waals surface area (Å²) in [5.74, 6) is 0. The average Bonchev–Trinajstić information content (AvgIpc) is 2.19. The predicted molar refractivity (Wildman–Crippen MR) is 25.6 cm³/mol. The van der Waals surface area contributed by atoms with E-state index in [9.17, 15) is 0 Å². The third-order valence-corrected chi connectivity index (χ3v) is 0.710. The largest absolute Gasteiger partial charge is 0.167 e. The molecule has 8 heavy (non-hydrogen) atoms. The van der Waals surface area contributed by atoms with Crippen LogP contribution in [0.1, 0.15) is 0 Å². The maximum absolute atomic E-state index is 7.84. The van der Waals surface area contributed by atoms with Crippen LogP contribution in [-0.2, 0) is 0 Å². The van der Waals surface area contributed by atoms with Gasteiger partial charge in [-0.05, 0) is 0 Å². The van der Waals surface area contributed by atoms with Gasteiger partial charge in [-0.15, -0.1) is 10.6 Å². The Kier molecular flexibility index (Phi) is 1.29. The van der Waals surface area contributed by atoms with Crippen molar-refractivity contribution in [3.63, 3.8) is 0 Å². The number of nitrogens with zero attached hydrogens (tertiary/aromatic N) is 6. The van der Waals surface area contributed by atoms with Crippen LogP contribution in [0.15, 0.2) is 15.6 Å². The van der Waals surface area contributed by atoms with Crippen molar-refractivity contribution in [1.29, 1.82) is 0 Å². The SMILES string of the molecule is [N-]=[N+]=NN1CCN=N1. The molecule has 42 valence electrons. The summed E-state index contributed by atoms with van der Waals surface area (Å²) >= 11 is 0. The van der Waals surface area contributed by atoms with E-state index >= 15 is 0 Å². The van der Waals surface area contributed by atoms with E-state index in [0.717, 1.165) is 0 Å². The second-order valence-electron chi connectivity index (χ2n) is 1.23. The Hall–Kier alpha value is -1.29. The molecule has 0 unspecified atom stereocenters. The first-order valence-corrected chi connectivity index (χ1v) is 2.13. The average molecular weight is 112 g/mol. The smallest absolute Gasteiger partial charge is 0.140 e. The molecule has 0 amide bonds. The van der Waals surface area contributed by atoms with E-state index in [2.05, 4.69) is 20.5 Å². The van der Waals surface area contributed by atoms with Crippen LogP contribution in [0.3, 0.4) is 0 Å². The summed E-state index contributed by atoms with van der Waals surface area (Å²) < 4.78 is 0. The summed E-state index contributed by atoms with van der Waals surface area (Å²) in [4.78, 5) is 2.51. The normalized spacial score (nSPS) is 16.2. The number of azide groups is 1. The molecular weight excluding hydrogens is 108 g/mol. The molecule has 0 saturated carbocycles. The topological polar surface area (TPSA) is 76.7 Å². The van der Waals surface area contributed by atoms with Gasteiger partial charge < -0.3 is 0 Å². The minimum absolute atomic E-state index is 0.601. The fourth-order valence-corrected chi connectivity index (χ4v) is 0.405. The molecule has 0 N–H and O–H groups in total. The zero-order valence-corrected chi connectivity index (χ0v) is 4.10. The Labute approximate surface area is 45.4 Å². The highest BCUT2D eigenvalue weighted by molar-refractivity contribution is 4.52. The van der Waals surface area contributed by atoms with Crippen molar-refractivity contribution in [3.8, 4) is 0 Å². The molecule has 0 bridgehead atoms. The minimum atomic E-state index is 0.601. The Morgan fingerprint density at radius 2 is 2.62 bits per heavy atom. The molecule has 1 aliphatic rings. The molecule has 1 rings (SSSR count). The highest BCUT2D eigenvalue weighted by atomic mass is 15.8. The Balaban J connectivity index is 2.48. The van der Waals surface area contributed by atoms with Crippen molar-refractivity contribution in [2.24, 2.45) is 15.6 Å². The predicted octanol–water partition coefficient (Wildman–Crippen LogP) is 0.895. The fourth-order valence-electron chi connectivity index (χ4n) is 0.405. The molecule has 0 saturated heterocycles. The Bertz CT molecular complexity index is 143. The maximum atomic E-state index is 7.84. The van der Waals surface area contributed by atoms with Crippen LogP contribution in [0.25, 0.3) is 10.4 Å². The lowest BCUT2D eigenvalue weighted by atomic mass is 10.7. The quantitative estimate of drug-likeness (QED) is 0.282. The first-order chi connectivity index (χ1) is 3.93. The zero-order valence-electron chi connectivity index (χ0n) is 4.10. The molecule has 1 heterocycles. The molecule has 1 aliphatic heterocycles. The van der Waals surface area contributed by atoms with Gasteiger partial charge in [-0.1, -0.05) is 5.12 Å². The van der Waals surface area contributed by atoms with E-state index in [0.29, 0.717) is 13.1 Å². The van der Waals surface area contributed by atoms with Crippen molar-refractivity contribution >= 4 is 0 Å². The van der Waals surface area contributed by atoms with Gasteiger partial charge in [0, 0.05) is 10.4 Å². The molecule has 0 aromatic heterocycles. The summed E-state index contributed by atoms with van der Waals surface area (Å²) in [6.45, 7) is 1.23. The van der Waals surface area contributed by atoms with E-state index in [4.69, 9.17) is 5.53 Å². The standard InChI is InChI=1S/C2H4N6/c3-5-7-8-2-1-4-6-8/h1-2H2. The summed E-state index contributed by atoms with van der Waals surface area (Å²) in [5.41, 5.74) is 7.84. The zero-order chi connectivity index (χ0) is 5.82. The van der Waals surface area contributed by atoms with Gasteiger partial charge in [-0.2, -0.15) is 4.91 Å².